The molecule has 2 aliphatic heterocycles. The third-order valence-corrected chi connectivity index (χ3v) is 6.31. The van der Waals surface area contributed by atoms with Gasteiger partial charge in [0.05, 0.1) is 30.9 Å². The highest BCUT2D eigenvalue weighted by Gasteiger charge is 2.36. The number of benzene rings is 2. The molecule has 0 saturated carbocycles. The Balaban J connectivity index is 1.42. The average molecular weight is 421 g/mol. The van der Waals surface area contributed by atoms with Gasteiger partial charge in [0.2, 0.25) is 0 Å². The van der Waals surface area contributed by atoms with Crippen molar-refractivity contribution in [1.82, 2.24) is 15.8 Å². The van der Waals surface area contributed by atoms with Crippen LogP contribution in [0.15, 0.2) is 42.5 Å². The molecule has 7 nitrogen and oxygen atoms in total. The first-order valence-electron chi connectivity index (χ1n) is 10.6. The minimum Gasteiger partial charge on any atom is -0.394 e. The number of ether oxygens (including phenoxy) is 1. The maximum Gasteiger partial charge on any atom is 0.253 e. The fourth-order valence-electron chi connectivity index (χ4n) is 4.32. The summed E-state index contributed by atoms with van der Waals surface area (Å²) in [5.74, 6) is 0.491. The molecule has 31 heavy (non-hydrogen) atoms. The van der Waals surface area contributed by atoms with Crippen LogP contribution in [0.2, 0.25) is 0 Å². The number of aryl methyl sites for hydroxylation is 1. The highest BCUT2D eigenvalue weighted by molar-refractivity contribution is 5.95. The molecule has 3 atom stereocenters. The zero-order chi connectivity index (χ0) is 22.0. The maximum absolute atomic E-state index is 13.1. The third-order valence-electron chi connectivity index (χ3n) is 6.31. The van der Waals surface area contributed by atoms with Crippen LogP contribution in [0.3, 0.4) is 0 Å². The van der Waals surface area contributed by atoms with Gasteiger partial charge >= 0.3 is 0 Å². The Labute approximate surface area is 182 Å². The molecule has 2 aromatic rings. The summed E-state index contributed by atoms with van der Waals surface area (Å²) < 4.78 is 5.65. The number of hydrogen-bond acceptors (Lipinski definition) is 6. The number of carbonyl (C=O) groups excluding carboxylic acids is 1. The van der Waals surface area contributed by atoms with Gasteiger partial charge in [0.15, 0.2) is 0 Å². The lowest BCUT2D eigenvalue weighted by Crippen LogP contribution is -2.48. The number of nitrogens with zero attached hydrogens (tertiary/aromatic N) is 2. The Morgan fingerprint density at radius 1 is 1.23 bits per heavy atom. The quantitative estimate of drug-likeness (QED) is 0.663. The summed E-state index contributed by atoms with van der Waals surface area (Å²) in [6.07, 6.45) is -0.195. The molecule has 0 bridgehead atoms. The second-order valence-electron chi connectivity index (χ2n) is 8.35. The van der Waals surface area contributed by atoms with Gasteiger partial charge in [-0.25, -0.2) is 10.9 Å². The molecule has 2 heterocycles. The van der Waals surface area contributed by atoms with Crippen LogP contribution in [0, 0.1) is 24.2 Å². The van der Waals surface area contributed by atoms with Gasteiger partial charge in [-0.2, -0.15) is 5.26 Å². The number of likely N-dealkylation sites (tertiary alicyclic amines) is 1. The number of carbonyl (C=O) groups is 1. The van der Waals surface area contributed by atoms with Crippen molar-refractivity contribution in [2.45, 2.75) is 32.0 Å². The molecule has 3 N–H and O–H groups in total. The molecule has 0 spiro atoms. The number of hydrazine groups is 1. The molecule has 1 amide bonds. The van der Waals surface area contributed by atoms with E-state index in [4.69, 9.17) is 15.1 Å². The Morgan fingerprint density at radius 2 is 1.97 bits per heavy atom. The van der Waals surface area contributed by atoms with Crippen molar-refractivity contribution in [3.63, 3.8) is 0 Å². The van der Waals surface area contributed by atoms with Gasteiger partial charge < -0.3 is 14.7 Å². The average Bonchev–Trinajstić information content (AvgIpc) is 3.12. The van der Waals surface area contributed by atoms with Gasteiger partial charge in [0, 0.05) is 30.5 Å². The number of hydrogen-bond donors (Lipinski definition) is 3. The lowest BCUT2D eigenvalue weighted by atomic mass is 9.88. The minimum absolute atomic E-state index is 0.0132. The summed E-state index contributed by atoms with van der Waals surface area (Å²) in [5, 5.41) is 17.9. The van der Waals surface area contributed by atoms with Crippen LogP contribution in [0.1, 0.15) is 51.5 Å². The zero-order valence-corrected chi connectivity index (χ0v) is 17.8. The first kappa shape index (κ1) is 21.5. The Morgan fingerprint density at radius 3 is 2.65 bits per heavy atom. The Hall–Kier alpha value is -2.76. The molecule has 162 valence electrons. The van der Waals surface area contributed by atoms with Crippen LogP contribution in [0.25, 0.3) is 0 Å². The van der Waals surface area contributed by atoms with Crippen LogP contribution in [0.4, 0.5) is 0 Å². The van der Waals surface area contributed by atoms with Crippen LogP contribution in [0.5, 0.6) is 0 Å². The molecule has 2 fully saturated rings. The highest BCUT2D eigenvalue weighted by Crippen LogP contribution is 2.33. The fourth-order valence-corrected chi connectivity index (χ4v) is 4.32. The lowest BCUT2D eigenvalue weighted by molar-refractivity contribution is -0.00406. The van der Waals surface area contributed by atoms with Gasteiger partial charge in [-0.15, -0.1) is 0 Å². The van der Waals surface area contributed by atoms with E-state index in [1.165, 1.54) is 0 Å². The molecular formula is C24H28N4O3. The topological polar surface area (TPSA) is 97.6 Å². The van der Waals surface area contributed by atoms with E-state index in [2.05, 4.69) is 23.8 Å². The molecule has 0 radical (unpaired) electrons. The number of aliphatic hydroxyl groups is 1. The smallest absolute Gasteiger partial charge is 0.253 e. The summed E-state index contributed by atoms with van der Waals surface area (Å²) in [6.45, 7) is 5.77. The van der Waals surface area contributed by atoms with E-state index in [-0.39, 0.29) is 37.3 Å². The van der Waals surface area contributed by atoms with E-state index < -0.39 is 0 Å². The minimum atomic E-state index is -0.195. The standard InChI is InChI=1S/C24H28N4O3/c1-15-3-6-19(11-21(15)22-16(2)23(27-26-22)31-10-9-29)24(30)28-13-20(14-28)18-7-4-17(12-25)5-8-18/h3-8,11,16,20,22-23,26-27,29H,9-10,13-14H2,1-2H3. The van der Waals surface area contributed by atoms with Crippen LogP contribution in [-0.4, -0.2) is 48.4 Å². The van der Waals surface area contributed by atoms with Crippen molar-refractivity contribution in [3.8, 4) is 6.07 Å². The molecule has 4 rings (SSSR count). The zero-order valence-electron chi connectivity index (χ0n) is 17.8. The lowest BCUT2D eigenvalue weighted by Gasteiger charge is -2.39. The number of nitrogens with one attached hydrogen (secondary N) is 2. The van der Waals surface area contributed by atoms with Crippen LogP contribution >= 0.6 is 0 Å². The predicted octanol–water partition coefficient (Wildman–Crippen LogP) is 2.23. The van der Waals surface area contributed by atoms with E-state index >= 15 is 0 Å². The van der Waals surface area contributed by atoms with Crippen molar-refractivity contribution < 1.29 is 14.6 Å². The molecule has 3 unspecified atom stereocenters. The van der Waals surface area contributed by atoms with Crippen molar-refractivity contribution in [2.75, 3.05) is 26.3 Å². The van der Waals surface area contributed by atoms with Gasteiger partial charge in [0.1, 0.15) is 6.23 Å². The predicted molar refractivity (Wildman–Crippen MR) is 116 cm³/mol. The van der Waals surface area contributed by atoms with Crippen molar-refractivity contribution in [2.24, 2.45) is 5.92 Å². The highest BCUT2D eigenvalue weighted by atomic mass is 16.5. The molecule has 2 aromatic carbocycles. The molecule has 0 aliphatic carbocycles. The summed E-state index contributed by atoms with van der Waals surface area (Å²) in [4.78, 5) is 14.9. The van der Waals surface area contributed by atoms with Crippen LogP contribution < -0.4 is 10.9 Å². The number of rotatable bonds is 6. The molecule has 2 aliphatic rings. The summed E-state index contributed by atoms with van der Waals surface area (Å²) in [6, 6.07) is 15.6. The first-order valence-corrected chi connectivity index (χ1v) is 10.6. The molecule has 2 saturated heterocycles. The SMILES string of the molecule is Cc1ccc(C(=O)N2CC(c3ccc(C#N)cc3)C2)cc1C1NNC(OCCO)C1C. The second kappa shape index (κ2) is 9.16. The van der Waals surface area contributed by atoms with E-state index in [1.807, 2.05) is 54.3 Å². The Bertz CT molecular complexity index is 979. The summed E-state index contributed by atoms with van der Waals surface area (Å²) in [5.41, 5.74) is 11.1. The molecule has 7 heteroatoms. The number of nitriles is 1. The van der Waals surface area contributed by atoms with E-state index in [0.717, 1.165) is 16.7 Å². The van der Waals surface area contributed by atoms with Crippen LogP contribution in [-0.2, 0) is 4.74 Å². The second-order valence-corrected chi connectivity index (χ2v) is 8.35. The van der Waals surface area contributed by atoms with Gasteiger partial charge in [-0.3, -0.25) is 4.79 Å². The van der Waals surface area contributed by atoms with E-state index in [1.54, 1.807) is 0 Å². The van der Waals surface area contributed by atoms with E-state index in [9.17, 15) is 4.79 Å². The monoisotopic (exact) mass is 420 g/mol. The van der Waals surface area contributed by atoms with Gasteiger partial charge in [-0.1, -0.05) is 25.1 Å². The third kappa shape index (κ3) is 4.34. The largest absolute Gasteiger partial charge is 0.394 e. The molecular weight excluding hydrogens is 392 g/mol. The van der Waals surface area contributed by atoms with Crippen molar-refractivity contribution >= 4 is 5.91 Å². The van der Waals surface area contributed by atoms with Crippen molar-refractivity contribution in [1.29, 1.82) is 5.26 Å². The maximum atomic E-state index is 13.1. The number of amides is 1. The summed E-state index contributed by atoms with van der Waals surface area (Å²) in [7, 11) is 0. The first-order chi connectivity index (χ1) is 15.0. The normalized spacial score (nSPS) is 23.4. The van der Waals surface area contributed by atoms with Gasteiger partial charge in [0.25, 0.3) is 5.91 Å². The van der Waals surface area contributed by atoms with E-state index in [0.29, 0.717) is 30.1 Å². The Kier molecular flexibility index (Phi) is 6.35. The van der Waals surface area contributed by atoms with Crippen molar-refractivity contribution in [3.05, 3.63) is 70.3 Å². The van der Waals surface area contributed by atoms with Gasteiger partial charge in [-0.05, 0) is 47.9 Å². The number of aliphatic hydroxyl groups excluding tert-OH is 1. The molecule has 0 aromatic heterocycles. The summed E-state index contributed by atoms with van der Waals surface area (Å²) >= 11 is 0. The fraction of sp³-hybridized carbons (Fsp3) is 0.417.